The molecule has 0 spiro atoms. The predicted molar refractivity (Wildman–Crippen MR) is 74.9 cm³/mol. The number of nitrogens with one attached hydrogen (secondary N) is 1. The normalized spacial score (nSPS) is 10.8. The van der Waals surface area contributed by atoms with E-state index in [4.69, 9.17) is 5.26 Å². The van der Waals surface area contributed by atoms with E-state index in [-0.39, 0.29) is 11.1 Å². The summed E-state index contributed by atoms with van der Waals surface area (Å²) >= 11 is 0. The van der Waals surface area contributed by atoms with Crippen molar-refractivity contribution < 1.29 is 13.9 Å². The van der Waals surface area contributed by atoms with Crippen molar-refractivity contribution in [1.82, 2.24) is 0 Å². The lowest BCUT2D eigenvalue weighted by Crippen LogP contribution is -2.23. The molecule has 108 valence electrons. The van der Waals surface area contributed by atoms with Crippen LogP contribution in [0.1, 0.15) is 37.0 Å². The first-order chi connectivity index (χ1) is 9.39. The van der Waals surface area contributed by atoms with Gasteiger partial charge in [-0.25, -0.2) is 9.18 Å². The minimum Gasteiger partial charge on any atom is -0.465 e. The lowest BCUT2D eigenvalue weighted by molar-refractivity contribution is 0.0600. The molecule has 1 N–H and O–H groups in total. The number of benzene rings is 1. The molecule has 0 fully saturated rings. The quantitative estimate of drug-likeness (QED) is 0.810. The molecular formula is C15H19FN2O2. The molecule has 0 heterocycles. The minimum atomic E-state index is -0.503. The van der Waals surface area contributed by atoms with E-state index in [0.717, 1.165) is 6.42 Å². The highest BCUT2D eigenvalue weighted by Gasteiger charge is 2.18. The van der Waals surface area contributed by atoms with Crippen LogP contribution in [0.15, 0.2) is 18.2 Å². The van der Waals surface area contributed by atoms with Crippen LogP contribution in [0.2, 0.25) is 0 Å². The Morgan fingerprint density at radius 2 is 2.20 bits per heavy atom. The van der Waals surface area contributed by atoms with Crippen LogP contribution in [0.4, 0.5) is 10.1 Å². The molecule has 0 bridgehead atoms. The molecule has 1 aromatic rings. The zero-order valence-corrected chi connectivity index (χ0v) is 12.0. The number of hydrogen-bond donors (Lipinski definition) is 1. The van der Waals surface area contributed by atoms with Crippen molar-refractivity contribution >= 4 is 11.7 Å². The molecule has 0 radical (unpaired) electrons. The SMILES string of the molecule is COC(=O)c1ccc(F)c(NCC(C)(C)CCC#N)c1. The van der Waals surface area contributed by atoms with Crippen molar-refractivity contribution in [3.63, 3.8) is 0 Å². The Morgan fingerprint density at radius 1 is 1.50 bits per heavy atom. The molecular weight excluding hydrogens is 259 g/mol. The van der Waals surface area contributed by atoms with Crippen LogP contribution in [-0.4, -0.2) is 19.6 Å². The van der Waals surface area contributed by atoms with Gasteiger partial charge in [-0.2, -0.15) is 5.26 Å². The van der Waals surface area contributed by atoms with Gasteiger partial charge in [0.1, 0.15) is 5.82 Å². The van der Waals surface area contributed by atoms with Gasteiger partial charge in [0.25, 0.3) is 0 Å². The third-order valence-electron chi connectivity index (χ3n) is 3.06. The molecule has 0 aliphatic heterocycles. The van der Waals surface area contributed by atoms with Gasteiger partial charge in [-0.3, -0.25) is 0 Å². The summed E-state index contributed by atoms with van der Waals surface area (Å²) in [5.41, 5.74) is 0.424. The molecule has 4 nitrogen and oxygen atoms in total. The second kappa shape index (κ2) is 6.90. The van der Waals surface area contributed by atoms with E-state index in [1.807, 2.05) is 13.8 Å². The Labute approximate surface area is 118 Å². The molecule has 0 saturated carbocycles. The van der Waals surface area contributed by atoms with Crippen molar-refractivity contribution in [3.05, 3.63) is 29.6 Å². The third kappa shape index (κ3) is 4.54. The standard InChI is InChI=1S/C15H19FN2O2/c1-15(2,7-4-8-17)10-18-13-9-11(14(19)20-3)5-6-12(13)16/h5-6,9,18H,4,7,10H2,1-3H3. The lowest BCUT2D eigenvalue weighted by atomic mass is 9.88. The zero-order valence-electron chi connectivity index (χ0n) is 12.0. The van der Waals surface area contributed by atoms with Gasteiger partial charge in [0.15, 0.2) is 0 Å². The van der Waals surface area contributed by atoms with E-state index >= 15 is 0 Å². The number of ether oxygens (including phenoxy) is 1. The number of nitrogens with zero attached hydrogens (tertiary/aromatic N) is 1. The third-order valence-corrected chi connectivity index (χ3v) is 3.06. The molecule has 0 amide bonds. The highest BCUT2D eigenvalue weighted by atomic mass is 19.1. The van der Waals surface area contributed by atoms with Gasteiger partial charge >= 0.3 is 5.97 Å². The van der Waals surface area contributed by atoms with Gasteiger partial charge in [0.2, 0.25) is 0 Å². The van der Waals surface area contributed by atoms with Gasteiger partial charge in [-0.1, -0.05) is 13.8 Å². The first-order valence-electron chi connectivity index (χ1n) is 6.38. The van der Waals surface area contributed by atoms with Gasteiger partial charge in [0, 0.05) is 13.0 Å². The summed E-state index contributed by atoms with van der Waals surface area (Å²) in [6, 6.07) is 6.15. The fourth-order valence-electron chi connectivity index (χ4n) is 1.72. The molecule has 0 aliphatic rings. The number of nitriles is 1. The lowest BCUT2D eigenvalue weighted by Gasteiger charge is -2.24. The number of carbonyl (C=O) groups excluding carboxylic acids is 1. The Balaban J connectivity index is 2.77. The summed E-state index contributed by atoms with van der Waals surface area (Å²) in [5, 5.41) is 11.6. The maximum Gasteiger partial charge on any atom is 0.337 e. The number of carbonyl (C=O) groups is 1. The topological polar surface area (TPSA) is 62.1 Å². The van der Waals surface area contributed by atoms with E-state index in [2.05, 4.69) is 16.1 Å². The molecule has 0 aliphatic carbocycles. The van der Waals surface area contributed by atoms with Crippen molar-refractivity contribution in [3.8, 4) is 6.07 Å². The Kier molecular flexibility index (Phi) is 5.51. The Bertz CT molecular complexity index is 521. The minimum absolute atomic E-state index is 0.135. The molecule has 0 aromatic heterocycles. The number of hydrogen-bond acceptors (Lipinski definition) is 4. The van der Waals surface area contributed by atoms with Crippen LogP contribution >= 0.6 is 0 Å². The smallest absolute Gasteiger partial charge is 0.337 e. The summed E-state index contributed by atoms with van der Waals surface area (Å²) in [7, 11) is 1.28. The number of rotatable bonds is 6. The second-order valence-electron chi connectivity index (χ2n) is 5.36. The fraction of sp³-hybridized carbons (Fsp3) is 0.467. The van der Waals surface area contributed by atoms with Crippen molar-refractivity contribution in [2.24, 2.45) is 5.41 Å². The first kappa shape index (κ1) is 16.0. The second-order valence-corrected chi connectivity index (χ2v) is 5.36. The Morgan fingerprint density at radius 3 is 2.80 bits per heavy atom. The summed E-state index contributed by atoms with van der Waals surface area (Å²) in [6.45, 7) is 4.51. The van der Waals surface area contributed by atoms with Gasteiger partial charge in [0.05, 0.1) is 24.4 Å². The average Bonchev–Trinajstić information content (AvgIpc) is 2.43. The van der Waals surface area contributed by atoms with Gasteiger partial charge in [-0.05, 0) is 30.0 Å². The molecule has 1 rings (SSSR count). The summed E-state index contributed by atoms with van der Waals surface area (Å²) in [5.74, 6) is -0.925. The van der Waals surface area contributed by atoms with Crippen molar-refractivity contribution in [1.29, 1.82) is 5.26 Å². The van der Waals surface area contributed by atoms with Crippen LogP contribution in [0.5, 0.6) is 0 Å². The van der Waals surface area contributed by atoms with Crippen LogP contribution < -0.4 is 5.32 Å². The van der Waals surface area contributed by atoms with E-state index < -0.39 is 11.8 Å². The maximum atomic E-state index is 13.7. The summed E-state index contributed by atoms with van der Waals surface area (Å²) in [6.07, 6.45) is 1.17. The summed E-state index contributed by atoms with van der Waals surface area (Å²) in [4.78, 5) is 11.4. The molecule has 5 heteroatoms. The zero-order chi connectivity index (χ0) is 15.2. The first-order valence-corrected chi connectivity index (χ1v) is 6.38. The van der Waals surface area contributed by atoms with E-state index in [1.54, 1.807) is 0 Å². The van der Waals surface area contributed by atoms with Crippen LogP contribution in [0.3, 0.4) is 0 Å². The number of methoxy groups -OCH3 is 1. The van der Waals surface area contributed by atoms with Crippen molar-refractivity contribution in [2.45, 2.75) is 26.7 Å². The van der Waals surface area contributed by atoms with E-state index in [0.29, 0.717) is 18.5 Å². The molecule has 0 unspecified atom stereocenters. The highest BCUT2D eigenvalue weighted by molar-refractivity contribution is 5.90. The monoisotopic (exact) mass is 278 g/mol. The molecule has 20 heavy (non-hydrogen) atoms. The van der Waals surface area contributed by atoms with Crippen LogP contribution in [0, 0.1) is 22.6 Å². The predicted octanol–water partition coefficient (Wildman–Crippen LogP) is 3.35. The van der Waals surface area contributed by atoms with Gasteiger partial charge < -0.3 is 10.1 Å². The highest BCUT2D eigenvalue weighted by Crippen LogP contribution is 2.24. The van der Waals surface area contributed by atoms with E-state index in [1.165, 1.54) is 25.3 Å². The van der Waals surface area contributed by atoms with Crippen molar-refractivity contribution in [2.75, 3.05) is 19.0 Å². The molecule has 0 atom stereocenters. The number of anilines is 1. The number of halogens is 1. The van der Waals surface area contributed by atoms with Crippen LogP contribution in [-0.2, 0) is 4.74 Å². The van der Waals surface area contributed by atoms with Gasteiger partial charge in [-0.15, -0.1) is 0 Å². The van der Waals surface area contributed by atoms with E-state index in [9.17, 15) is 9.18 Å². The molecule has 0 saturated heterocycles. The fourth-order valence-corrected chi connectivity index (χ4v) is 1.72. The maximum absolute atomic E-state index is 13.7. The molecule has 1 aromatic carbocycles. The van der Waals surface area contributed by atoms with Crippen LogP contribution in [0.25, 0.3) is 0 Å². The largest absolute Gasteiger partial charge is 0.465 e. The number of esters is 1. The summed E-state index contributed by atoms with van der Waals surface area (Å²) < 4.78 is 18.3. The Hall–Kier alpha value is -2.09. The average molecular weight is 278 g/mol.